The molecule has 18 heavy (non-hydrogen) atoms. The first kappa shape index (κ1) is 13.8. The Bertz CT molecular complexity index is 540. The van der Waals surface area contributed by atoms with Crippen LogP contribution >= 0.6 is 11.6 Å². The number of hydrogen-bond donors (Lipinski definition) is 1. The molecule has 0 spiro atoms. The van der Waals surface area contributed by atoms with E-state index in [-0.39, 0.29) is 22.6 Å². The maximum Gasteiger partial charge on any atom is 0.244 e. The third-order valence-corrected chi connectivity index (χ3v) is 5.54. The molecule has 0 aromatic heterocycles. The van der Waals surface area contributed by atoms with E-state index in [2.05, 4.69) is 0 Å². The molecule has 100 valence electrons. The third kappa shape index (κ3) is 2.54. The summed E-state index contributed by atoms with van der Waals surface area (Å²) < 4.78 is 26.5. The molecule has 1 fully saturated rings. The molecule has 2 rings (SSSR count). The number of rotatable bonds is 5. The molecule has 6 heteroatoms. The van der Waals surface area contributed by atoms with Gasteiger partial charge in [0, 0.05) is 12.6 Å². The summed E-state index contributed by atoms with van der Waals surface area (Å²) in [5.41, 5.74) is 0.546. The summed E-state index contributed by atoms with van der Waals surface area (Å²) in [4.78, 5) is 0.0875. The summed E-state index contributed by atoms with van der Waals surface area (Å²) in [5, 5.41) is 9.28. The molecular weight excluding hydrogens is 274 g/mol. The summed E-state index contributed by atoms with van der Waals surface area (Å²) in [5.74, 6) is 0. The van der Waals surface area contributed by atoms with Gasteiger partial charge in [-0.05, 0) is 30.5 Å². The van der Waals surface area contributed by atoms with E-state index in [1.54, 1.807) is 6.07 Å². The van der Waals surface area contributed by atoms with Crippen LogP contribution in [0.4, 0.5) is 0 Å². The maximum absolute atomic E-state index is 12.5. The van der Waals surface area contributed by atoms with Crippen LogP contribution in [0.15, 0.2) is 23.1 Å². The average molecular weight is 290 g/mol. The first-order valence-corrected chi connectivity index (χ1v) is 7.73. The minimum absolute atomic E-state index is 0.0875. The van der Waals surface area contributed by atoms with Gasteiger partial charge in [-0.15, -0.1) is 0 Å². The summed E-state index contributed by atoms with van der Waals surface area (Å²) in [6.07, 6.45) is 1.81. The fourth-order valence-electron chi connectivity index (χ4n) is 1.96. The number of benzene rings is 1. The number of aliphatic hydroxyl groups excluding tert-OH is 1. The van der Waals surface area contributed by atoms with Crippen molar-refractivity contribution in [3.05, 3.63) is 28.8 Å². The summed E-state index contributed by atoms with van der Waals surface area (Å²) >= 11 is 5.98. The van der Waals surface area contributed by atoms with Crippen molar-refractivity contribution >= 4 is 21.6 Å². The van der Waals surface area contributed by atoms with Crippen molar-refractivity contribution in [1.29, 1.82) is 0 Å². The van der Waals surface area contributed by atoms with Gasteiger partial charge in [0.2, 0.25) is 10.0 Å². The smallest absolute Gasteiger partial charge is 0.244 e. The molecule has 0 atom stereocenters. The van der Waals surface area contributed by atoms with Crippen molar-refractivity contribution in [3.8, 4) is 0 Å². The Morgan fingerprint density at radius 3 is 2.61 bits per heavy atom. The van der Waals surface area contributed by atoms with Crippen LogP contribution in [0, 0.1) is 0 Å². The number of hydrogen-bond acceptors (Lipinski definition) is 3. The largest absolute Gasteiger partial charge is 0.392 e. The monoisotopic (exact) mass is 289 g/mol. The van der Waals surface area contributed by atoms with Gasteiger partial charge in [0.1, 0.15) is 4.90 Å². The Morgan fingerprint density at radius 1 is 1.44 bits per heavy atom. The van der Waals surface area contributed by atoms with Crippen molar-refractivity contribution in [3.63, 3.8) is 0 Å². The molecule has 0 radical (unpaired) electrons. The second-order valence-electron chi connectivity index (χ2n) is 4.36. The first-order chi connectivity index (χ1) is 8.50. The van der Waals surface area contributed by atoms with E-state index in [1.807, 2.05) is 6.92 Å². The summed E-state index contributed by atoms with van der Waals surface area (Å²) in [7, 11) is -3.56. The molecule has 0 heterocycles. The lowest BCUT2D eigenvalue weighted by atomic mass is 10.2. The molecule has 0 aliphatic heterocycles. The predicted octanol–water partition coefficient (Wildman–Crippen LogP) is 2.01. The van der Waals surface area contributed by atoms with Gasteiger partial charge < -0.3 is 5.11 Å². The molecule has 1 saturated carbocycles. The number of sulfonamides is 1. The lowest BCUT2D eigenvalue weighted by Crippen LogP contribution is -2.33. The van der Waals surface area contributed by atoms with Crippen LogP contribution in [-0.2, 0) is 16.6 Å². The van der Waals surface area contributed by atoms with Crippen LogP contribution < -0.4 is 0 Å². The Labute approximate surface area is 112 Å². The van der Waals surface area contributed by atoms with Crippen molar-refractivity contribution in [2.75, 3.05) is 6.54 Å². The topological polar surface area (TPSA) is 57.6 Å². The van der Waals surface area contributed by atoms with Crippen molar-refractivity contribution < 1.29 is 13.5 Å². The van der Waals surface area contributed by atoms with Crippen LogP contribution in [0.5, 0.6) is 0 Å². The van der Waals surface area contributed by atoms with E-state index in [1.165, 1.54) is 16.4 Å². The van der Waals surface area contributed by atoms with E-state index in [0.29, 0.717) is 12.1 Å². The van der Waals surface area contributed by atoms with E-state index in [9.17, 15) is 8.42 Å². The summed E-state index contributed by atoms with van der Waals surface area (Å²) in [6, 6.07) is 4.69. The number of halogens is 1. The Kier molecular flexibility index (Phi) is 3.96. The second kappa shape index (κ2) is 5.17. The van der Waals surface area contributed by atoms with Gasteiger partial charge in [0.15, 0.2) is 0 Å². The zero-order chi connectivity index (χ0) is 13.3. The van der Waals surface area contributed by atoms with Gasteiger partial charge in [-0.1, -0.05) is 24.6 Å². The highest BCUT2D eigenvalue weighted by Crippen LogP contribution is 2.34. The first-order valence-electron chi connectivity index (χ1n) is 5.91. The molecule has 1 aliphatic rings. The van der Waals surface area contributed by atoms with Crippen LogP contribution in [0.1, 0.15) is 25.3 Å². The standard InChI is InChI=1S/C12H16ClNO3S/c1-2-14(10-4-5-10)18(16,17)12-7-9(8-15)3-6-11(12)13/h3,6-7,10,15H,2,4-5,8H2,1H3. The predicted molar refractivity (Wildman–Crippen MR) is 70.0 cm³/mol. The van der Waals surface area contributed by atoms with E-state index in [0.717, 1.165) is 12.8 Å². The van der Waals surface area contributed by atoms with Gasteiger partial charge in [0.05, 0.1) is 11.6 Å². The van der Waals surface area contributed by atoms with Gasteiger partial charge in [0.25, 0.3) is 0 Å². The molecule has 0 unspecified atom stereocenters. The average Bonchev–Trinajstić information content (AvgIpc) is 3.14. The second-order valence-corrected chi connectivity index (χ2v) is 6.63. The maximum atomic E-state index is 12.5. The zero-order valence-electron chi connectivity index (χ0n) is 10.1. The van der Waals surface area contributed by atoms with E-state index in [4.69, 9.17) is 16.7 Å². The molecule has 0 bridgehead atoms. The fraction of sp³-hybridized carbons (Fsp3) is 0.500. The molecule has 1 N–H and O–H groups in total. The van der Waals surface area contributed by atoms with Crippen molar-refractivity contribution in [1.82, 2.24) is 4.31 Å². The van der Waals surface area contributed by atoms with E-state index >= 15 is 0 Å². The van der Waals surface area contributed by atoms with Crippen LogP contribution in [0.2, 0.25) is 5.02 Å². The number of nitrogens with zero attached hydrogens (tertiary/aromatic N) is 1. The van der Waals surface area contributed by atoms with Crippen LogP contribution in [0.3, 0.4) is 0 Å². The molecule has 1 aromatic carbocycles. The zero-order valence-corrected chi connectivity index (χ0v) is 11.7. The molecule has 4 nitrogen and oxygen atoms in total. The normalized spacial score (nSPS) is 16.2. The van der Waals surface area contributed by atoms with Gasteiger partial charge in [-0.25, -0.2) is 8.42 Å². The quantitative estimate of drug-likeness (QED) is 0.902. The lowest BCUT2D eigenvalue weighted by Gasteiger charge is -2.21. The molecule has 0 amide bonds. The minimum Gasteiger partial charge on any atom is -0.392 e. The highest BCUT2D eigenvalue weighted by atomic mass is 35.5. The van der Waals surface area contributed by atoms with Crippen molar-refractivity contribution in [2.24, 2.45) is 0 Å². The van der Waals surface area contributed by atoms with Gasteiger partial charge in [-0.3, -0.25) is 0 Å². The molecule has 1 aromatic rings. The third-order valence-electron chi connectivity index (χ3n) is 3.03. The Hall–Kier alpha value is -0.620. The van der Waals surface area contributed by atoms with Gasteiger partial charge >= 0.3 is 0 Å². The van der Waals surface area contributed by atoms with Gasteiger partial charge in [-0.2, -0.15) is 4.31 Å². The SMILES string of the molecule is CCN(C1CC1)S(=O)(=O)c1cc(CO)ccc1Cl. The highest BCUT2D eigenvalue weighted by Gasteiger charge is 2.37. The lowest BCUT2D eigenvalue weighted by molar-refractivity contribution is 0.281. The van der Waals surface area contributed by atoms with Crippen molar-refractivity contribution in [2.45, 2.75) is 37.3 Å². The summed E-state index contributed by atoms with van der Waals surface area (Å²) in [6.45, 7) is 2.06. The van der Waals surface area contributed by atoms with Crippen LogP contribution in [0.25, 0.3) is 0 Å². The Morgan fingerprint density at radius 2 is 2.11 bits per heavy atom. The molecule has 0 saturated heterocycles. The molecular formula is C12H16ClNO3S. The Balaban J connectivity index is 2.45. The molecule has 1 aliphatic carbocycles. The number of aliphatic hydroxyl groups is 1. The van der Waals surface area contributed by atoms with E-state index < -0.39 is 10.0 Å². The fourth-order valence-corrected chi connectivity index (χ4v) is 4.18. The highest BCUT2D eigenvalue weighted by molar-refractivity contribution is 7.89. The minimum atomic E-state index is -3.56. The van der Waals surface area contributed by atoms with Crippen LogP contribution in [-0.4, -0.2) is 30.4 Å².